The van der Waals surface area contributed by atoms with Crippen molar-refractivity contribution < 1.29 is 19.1 Å². The fraction of sp³-hybridized carbons (Fsp3) is 0.421. The number of nitrogens with zero attached hydrogens (tertiary/aromatic N) is 2. The smallest absolute Gasteiger partial charge is 0.270 e. The Labute approximate surface area is 162 Å². The largest absolute Gasteiger partial charge is 0.454 e. The highest BCUT2D eigenvalue weighted by atomic mass is 32.1. The minimum atomic E-state index is -0.177. The van der Waals surface area contributed by atoms with Gasteiger partial charge in [-0.15, -0.1) is 11.3 Å². The second-order valence-electron chi connectivity index (χ2n) is 6.18. The topological polar surface area (TPSA) is 80.8 Å². The Bertz CT molecular complexity index is 821. The van der Waals surface area contributed by atoms with Crippen LogP contribution in [0.15, 0.2) is 23.6 Å². The maximum atomic E-state index is 12.9. The summed E-state index contributed by atoms with van der Waals surface area (Å²) in [5.41, 5.74) is 0.945. The van der Waals surface area contributed by atoms with Crippen LogP contribution in [-0.2, 0) is 6.54 Å². The number of aromatic nitrogens is 1. The predicted molar refractivity (Wildman–Crippen MR) is 102 cm³/mol. The molecule has 1 aliphatic heterocycles. The fourth-order valence-corrected chi connectivity index (χ4v) is 3.50. The zero-order valence-electron chi connectivity index (χ0n) is 15.5. The van der Waals surface area contributed by atoms with Gasteiger partial charge in [-0.05, 0) is 31.0 Å². The molecule has 2 heterocycles. The molecule has 0 fully saturated rings. The van der Waals surface area contributed by atoms with Crippen LogP contribution in [0.25, 0.3) is 0 Å². The van der Waals surface area contributed by atoms with Crippen LogP contribution in [0.2, 0.25) is 0 Å². The van der Waals surface area contributed by atoms with E-state index in [1.165, 1.54) is 11.3 Å². The van der Waals surface area contributed by atoms with Gasteiger partial charge in [0, 0.05) is 24.0 Å². The molecule has 0 spiro atoms. The molecule has 0 bridgehead atoms. The van der Waals surface area contributed by atoms with Crippen molar-refractivity contribution in [3.05, 3.63) is 39.8 Å². The van der Waals surface area contributed by atoms with E-state index >= 15 is 0 Å². The Hall–Kier alpha value is -2.61. The molecule has 0 saturated carbocycles. The number of carbonyl (C=O) groups is 2. The zero-order chi connectivity index (χ0) is 19.2. The summed E-state index contributed by atoms with van der Waals surface area (Å²) < 4.78 is 10.7. The summed E-state index contributed by atoms with van der Waals surface area (Å²) in [6.07, 6.45) is 1.70. The third-order valence-electron chi connectivity index (χ3n) is 4.05. The summed E-state index contributed by atoms with van der Waals surface area (Å²) in [6.45, 7) is 5.78. The summed E-state index contributed by atoms with van der Waals surface area (Å²) in [7, 11) is 0. The SMILES string of the molecule is CCCNC(=O)c1csc(CN(CCC)C(=O)c2ccc3c(c2)OCO3)n1. The highest BCUT2D eigenvalue weighted by Gasteiger charge is 2.21. The molecule has 8 heteroatoms. The lowest BCUT2D eigenvalue weighted by molar-refractivity contribution is 0.0742. The Balaban J connectivity index is 1.71. The highest BCUT2D eigenvalue weighted by molar-refractivity contribution is 7.09. The quantitative estimate of drug-likeness (QED) is 0.750. The van der Waals surface area contributed by atoms with E-state index < -0.39 is 0 Å². The number of nitrogens with one attached hydrogen (secondary N) is 1. The lowest BCUT2D eigenvalue weighted by atomic mass is 10.1. The molecule has 0 aliphatic carbocycles. The minimum absolute atomic E-state index is 0.0951. The van der Waals surface area contributed by atoms with Gasteiger partial charge in [-0.25, -0.2) is 4.98 Å². The van der Waals surface area contributed by atoms with Crippen LogP contribution >= 0.6 is 11.3 Å². The van der Waals surface area contributed by atoms with Crippen molar-refractivity contribution in [3.8, 4) is 11.5 Å². The number of ether oxygens (including phenoxy) is 2. The Morgan fingerprint density at radius 1 is 1.22 bits per heavy atom. The molecule has 144 valence electrons. The van der Waals surface area contributed by atoms with Gasteiger partial charge in [-0.1, -0.05) is 13.8 Å². The summed E-state index contributed by atoms with van der Waals surface area (Å²) in [5, 5.41) is 5.28. The molecule has 2 amide bonds. The second kappa shape index (κ2) is 8.85. The van der Waals surface area contributed by atoms with Crippen LogP contribution in [0.1, 0.15) is 52.5 Å². The van der Waals surface area contributed by atoms with Crippen molar-refractivity contribution in [1.82, 2.24) is 15.2 Å². The lowest BCUT2D eigenvalue weighted by Crippen LogP contribution is -2.31. The summed E-state index contributed by atoms with van der Waals surface area (Å²) in [4.78, 5) is 31.1. The second-order valence-corrected chi connectivity index (χ2v) is 7.12. The molecule has 27 heavy (non-hydrogen) atoms. The highest BCUT2D eigenvalue weighted by Crippen LogP contribution is 2.33. The minimum Gasteiger partial charge on any atom is -0.454 e. The van der Waals surface area contributed by atoms with E-state index in [1.54, 1.807) is 28.5 Å². The predicted octanol–water partition coefficient (Wildman–Crippen LogP) is 3.06. The molecule has 1 aromatic carbocycles. The summed E-state index contributed by atoms with van der Waals surface area (Å²) in [6, 6.07) is 5.20. The van der Waals surface area contributed by atoms with Gasteiger partial charge < -0.3 is 19.7 Å². The van der Waals surface area contributed by atoms with E-state index in [2.05, 4.69) is 10.3 Å². The van der Waals surface area contributed by atoms with Gasteiger partial charge >= 0.3 is 0 Å². The number of thiazole rings is 1. The molecule has 0 saturated heterocycles. The number of benzene rings is 1. The number of amides is 2. The molecule has 1 N–H and O–H groups in total. The molecule has 1 aliphatic rings. The van der Waals surface area contributed by atoms with E-state index in [4.69, 9.17) is 9.47 Å². The molecule has 7 nitrogen and oxygen atoms in total. The summed E-state index contributed by atoms with van der Waals surface area (Å²) in [5.74, 6) is 0.962. The van der Waals surface area contributed by atoms with E-state index in [-0.39, 0.29) is 18.6 Å². The first-order valence-electron chi connectivity index (χ1n) is 9.03. The normalized spacial score (nSPS) is 12.1. The van der Waals surface area contributed by atoms with Crippen molar-refractivity contribution in [2.45, 2.75) is 33.2 Å². The third-order valence-corrected chi connectivity index (χ3v) is 4.88. The van der Waals surface area contributed by atoms with E-state index in [9.17, 15) is 9.59 Å². The molecule has 3 rings (SSSR count). The number of hydrogen-bond donors (Lipinski definition) is 1. The lowest BCUT2D eigenvalue weighted by Gasteiger charge is -2.21. The van der Waals surface area contributed by atoms with E-state index in [0.717, 1.165) is 17.8 Å². The van der Waals surface area contributed by atoms with Crippen molar-refractivity contribution in [2.75, 3.05) is 19.9 Å². The standard InChI is InChI=1S/C19H23N3O4S/c1-3-7-20-18(23)14-11-27-17(21-14)10-22(8-4-2)19(24)13-5-6-15-16(9-13)26-12-25-15/h5-6,9,11H,3-4,7-8,10,12H2,1-2H3,(H,20,23). The first kappa shape index (κ1) is 19.2. The van der Waals surface area contributed by atoms with Crippen molar-refractivity contribution in [2.24, 2.45) is 0 Å². The van der Waals surface area contributed by atoms with Gasteiger partial charge in [0.25, 0.3) is 11.8 Å². The first-order chi connectivity index (χ1) is 13.1. The molecular formula is C19H23N3O4S. The molecule has 0 unspecified atom stereocenters. The Kier molecular flexibility index (Phi) is 6.28. The number of carbonyl (C=O) groups excluding carboxylic acids is 2. The van der Waals surface area contributed by atoms with Crippen molar-refractivity contribution in [1.29, 1.82) is 0 Å². The molecule has 1 aromatic heterocycles. The van der Waals surface area contributed by atoms with Gasteiger partial charge in [0.1, 0.15) is 10.7 Å². The van der Waals surface area contributed by atoms with Crippen molar-refractivity contribution >= 4 is 23.2 Å². The monoisotopic (exact) mass is 389 g/mol. The van der Waals surface area contributed by atoms with Gasteiger partial charge in [0.05, 0.1) is 6.54 Å². The Morgan fingerprint density at radius 2 is 2.04 bits per heavy atom. The number of rotatable bonds is 8. The molecule has 0 radical (unpaired) electrons. The van der Waals surface area contributed by atoms with Crippen LogP contribution in [0.5, 0.6) is 11.5 Å². The van der Waals surface area contributed by atoms with Crippen LogP contribution < -0.4 is 14.8 Å². The van der Waals surface area contributed by atoms with E-state index in [0.29, 0.717) is 42.4 Å². The summed E-state index contributed by atoms with van der Waals surface area (Å²) >= 11 is 1.39. The van der Waals surface area contributed by atoms with Gasteiger partial charge in [-0.2, -0.15) is 0 Å². The maximum Gasteiger partial charge on any atom is 0.270 e. The van der Waals surface area contributed by atoms with Crippen LogP contribution in [0.3, 0.4) is 0 Å². The van der Waals surface area contributed by atoms with Crippen LogP contribution in [0.4, 0.5) is 0 Å². The average Bonchev–Trinajstić information content (AvgIpc) is 3.33. The Morgan fingerprint density at radius 3 is 2.81 bits per heavy atom. The van der Waals surface area contributed by atoms with E-state index in [1.807, 2.05) is 13.8 Å². The molecular weight excluding hydrogens is 366 g/mol. The number of fused-ring (bicyclic) bond motifs is 1. The third kappa shape index (κ3) is 4.57. The zero-order valence-corrected chi connectivity index (χ0v) is 16.3. The molecule has 0 atom stereocenters. The maximum absolute atomic E-state index is 12.9. The van der Waals surface area contributed by atoms with Crippen LogP contribution in [0, 0.1) is 0 Å². The fourth-order valence-electron chi connectivity index (χ4n) is 2.71. The number of hydrogen-bond acceptors (Lipinski definition) is 6. The van der Waals surface area contributed by atoms with Gasteiger partial charge in [-0.3, -0.25) is 9.59 Å². The van der Waals surface area contributed by atoms with Crippen molar-refractivity contribution in [3.63, 3.8) is 0 Å². The first-order valence-corrected chi connectivity index (χ1v) is 9.91. The van der Waals surface area contributed by atoms with Crippen LogP contribution in [-0.4, -0.2) is 41.6 Å². The molecule has 2 aromatic rings. The van der Waals surface area contributed by atoms with Gasteiger partial charge in [0.15, 0.2) is 11.5 Å². The van der Waals surface area contributed by atoms with Gasteiger partial charge in [0.2, 0.25) is 6.79 Å². The average molecular weight is 389 g/mol.